The molecule has 1 fully saturated rings. The monoisotopic (exact) mass is 486 g/mol. The molecule has 0 saturated carbocycles. The van der Waals surface area contributed by atoms with Crippen LogP contribution in [0, 0.1) is 0 Å². The fraction of sp³-hybridized carbons (Fsp3) is 0.182. The zero-order valence-corrected chi connectivity index (χ0v) is 18.4. The number of methoxy groups -OCH3 is 1. The molecule has 1 N–H and O–H groups in total. The number of esters is 1. The molecule has 2 aromatic rings. The number of anilines is 1. The second-order valence-electron chi connectivity index (χ2n) is 6.52. The van der Waals surface area contributed by atoms with Gasteiger partial charge >= 0.3 is 12.0 Å². The van der Waals surface area contributed by atoms with Crippen molar-refractivity contribution in [2.24, 2.45) is 0 Å². The molecule has 0 unspecified atom stereocenters. The van der Waals surface area contributed by atoms with Crippen molar-refractivity contribution in [1.82, 2.24) is 5.32 Å². The van der Waals surface area contributed by atoms with Crippen LogP contribution < -0.4 is 15.0 Å². The number of amides is 4. The number of hydrogen-bond donors (Lipinski definition) is 1. The van der Waals surface area contributed by atoms with Crippen molar-refractivity contribution in [1.29, 1.82) is 0 Å². The summed E-state index contributed by atoms with van der Waals surface area (Å²) in [6.07, 6.45) is 2.12. The second-order valence-corrected chi connectivity index (χ2v) is 7.44. The quantitative estimate of drug-likeness (QED) is 0.382. The third-order valence-electron chi connectivity index (χ3n) is 4.55. The molecule has 1 heterocycles. The number of imide groups is 2. The Morgan fingerprint density at radius 3 is 2.48 bits per heavy atom. The molecule has 1 aliphatic rings. The number of nitrogens with zero attached hydrogens (tertiary/aromatic N) is 1. The highest BCUT2D eigenvalue weighted by molar-refractivity contribution is 9.10. The number of barbiturate groups is 1. The summed E-state index contributed by atoms with van der Waals surface area (Å²) in [5.74, 6) is -1.91. The van der Waals surface area contributed by atoms with E-state index in [1.54, 1.807) is 30.3 Å². The van der Waals surface area contributed by atoms with Crippen molar-refractivity contribution < 1.29 is 28.7 Å². The third kappa shape index (κ3) is 5.00. The lowest BCUT2D eigenvalue weighted by Gasteiger charge is -2.26. The summed E-state index contributed by atoms with van der Waals surface area (Å²) in [7, 11) is 1.24. The van der Waals surface area contributed by atoms with E-state index in [2.05, 4.69) is 26.0 Å². The Balaban J connectivity index is 1.98. The van der Waals surface area contributed by atoms with Crippen LogP contribution in [0.3, 0.4) is 0 Å². The van der Waals surface area contributed by atoms with Crippen molar-refractivity contribution in [3.8, 4) is 5.75 Å². The van der Waals surface area contributed by atoms with Gasteiger partial charge in [-0.1, -0.05) is 35.0 Å². The normalized spacial score (nSPS) is 15.1. The second kappa shape index (κ2) is 9.57. The summed E-state index contributed by atoms with van der Waals surface area (Å²) < 4.78 is 10.7. The first kappa shape index (κ1) is 22.2. The predicted octanol–water partition coefficient (Wildman–Crippen LogP) is 3.23. The van der Waals surface area contributed by atoms with E-state index < -0.39 is 23.8 Å². The fourth-order valence-corrected chi connectivity index (χ4v) is 3.27. The molecule has 0 radical (unpaired) electrons. The number of nitrogens with one attached hydrogen (secondary N) is 1. The van der Waals surface area contributed by atoms with Crippen LogP contribution >= 0.6 is 15.9 Å². The van der Waals surface area contributed by atoms with Crippen LogP contribution in [0.2, 0.25) is 0 Å². The van der Waals surface area contributed by atoms with E-state index >= 15 is 0 Å². The minimum Gasteiger partial charge on any atom is -0.481 e. The molecular weight excluding hydrogens is 468 g/mol. The lowest BCUT2D eigenvalue weighted by molar-refractivity contribution is -0.143. The van der Waals surface area contributed by atoms with Crippen LogP contribution in [0.5, 0.6) is 5.75 Å². The first-order chi connectivity index (χ1) is 14.8. The summed E-state index contributed by atoms with van der Waals surface area (Å²) in [5.41, 5.74) is 1.50. The molecule has 0 aromatic heterocycles. The minimum absolute atomic E-state index is 0.250. The highest BCUT2D eigenvalue weighted by atomic mass is 79.9. The maximum absolute atomic E-state index is 13.1. The van der Waals surface area contributed by atoms with Gasteiger partial charge in [0.15, 0.2) is 6.61 Å². The molecule has 9 heteroatoms. The van der Waals surface area contributed by atoms with Crippen molar-refractivity contribution >= 4 is 51.5 Å². The van der Waals surface area contributed by atoms with Crippen LogP contribution in [0.15, 0.2) is 52.5 Å². The van der Waals surface area contributed by atoms with Gasteiger partial charge in [0, 0.05) is 10.0 Å². The van der Waals surface area contributed by atoms with Gasteiger partial charge in [-0.3, -0.25) is 14.9 Å². The topological polar surface area (TPSA) is 102 Å². The number of halogens is 1. The van der Waals surface area contributed by atoms with Gasteiger partial charge in [0.1, 0.15) is 11.3 Å². The zero-order valence-electron chi connectivity index (χ0n) is 16.8. The summed E-state index contributed by atoms with van der Waals surface area (Å²) in [6.45, 7) is 1.65. The summed E-state index contributed by atoms with van der Waals surface area (Å²) in [6, 6.07) is 11.0. The van der Waals surface area contributed by atoms with Crippen molar-refractivity contribution in [3.63, 3.8) is 0 Å². The summed E-state index contributed by atoms with van der Waals surface area (Å²) >= 11 is 3.33. The maximum atomic E-state index is 13.1. The lowest BCUT2D eigenvalue weighted by Crippen LogP contribution is -2.54. The molecule has 0 spiro atoms. The van der Waals surface area contributed by atoms with E-state index in [0.29, 0.717) is 15.7 Å². The zero-order chi connectivity index (χ0) is 22.5. The Hall–Kier alpha value is -3.46. The van der Waals surface area contributed by atoms with Crippen LogP contribution in [0.4, 0.5) is 10.5 Å². The highest BCUT2D eigenvalue weighted by Gasteiger charge is 2.37. The Labute approximate surface area is 186 Å². The number of urea groups is 1. The Bertz CT molecular complexity index is 1080. The highest BCUT2D eigenvalue weighted by Crippen LogP contribution is 2.28. The largest absolute Gasteiger partial charge is 0.481 e. The first-order valence-corrected chi connectivity index (χ1v) is 10.1. The number of aryl methyl sites for hydroxylation is 1. The first-order valence-electron chi connectivity index (χ1n) is 9.33. The fourth-order valence-electron chi connectivity index (χ4n) is 2.89. The van der Waals surface area contributed by atoms with E-state index in [1.165, 1.54) is 13.2 Å². The molecule has 8 nitrogen and oxygen atoms in total. The average Bonchev–Trinajstić information content (AvgIpc) is 2.76. The number of rotatable bonds is 6. The molecular formula is C22H19BrN2O6. The molecule has 1 aliphatic heterocycles. The number of ether oxygens (including phenoxy) is 2. The Morgan fingerprint density at radius 2 is 1.84 bits per heavy atom. The van der Waals surface area contributed by atoms with E-state index in [4.69, 9.17) is 4.74 Å². The molecule has 0 atom stereocenters. The molecule has 31 heavy (non-hydrogen) atoms. The Kier molecular flexibility index (Phi) is 6.86. The van der Waals surface area contributed by atoms with Crippen LogP contribution in [0.25, 0.3) is 6.08 Å². The van der Waals surface area contributed by atoms with Gasteiger partial charge in [-0.05, 0) is 48.4 Å². The predicted molar refractivity (Wildman–Crippen MR) is 116 cm³/mol. The van der Waals surface area contributed by atoms with Gasteiger partial charge < -0.3 is 9.47 Å². The average molecular weight is 487 g/mol. The number of carbonyl (C=O) groups excluding carboxylic acids is 4. The van der Waals surface area contributed by atoms with Crippen LogP contribution in [0.1, 0.15) is 18.1 Å². The van der Waals surface area contributed by atoms with Gasteiger partial charge in [-0.15, -0.1) is 0 Å². The van der Waals surface area contributed by atoms with Crippen molar-refractivity contribution in [2.45, 2.75) is 13.3 Å². The van der Waals surface area contributed by atoms with Crippen molar-refractivity contribution in [2.75, 3.05) is 18.6 Å². The van der Waals surface area contributed by atoms with Crippen molar-refractivity contribution in [3.05, 3.63) is 63.6 Å². The molecule has 160 valence electrons. The lowest BCUT2D eigenvalue weighted by atomic mass is 10.1. The summed E-state index contributed by atoms with van der Waals surface area (Å²) in [5, 5.41) is 2.18. The molecule has 1 saturated heterocycles. The third-order valence-corrected chi connectivity index (χ3v) is 5.04. The number of carbonyl (C=O) groups is 4. The van der Waals surface area contributed by atoms with Crippen LogP contribution in [-0.2, 0) is 25.5 Å². The molecule has 2 aromatic carbocycles. The van der Waals surface area contributed by atoms with Gasteiger partial charge in [0.25, 0.3) is 11.8 Å². The van der Waals surface area contributed by atoms with E-state index in [9.17, 15) is 19.2 Å². The van der Waals surface area contributed by atoms with Gasteiger partial charge in [0.05, 0.1) is 12.8 Å². The number of hydrogen-bond acceptors (Lipinski definition) is 6. The maximum Gasteiger partial charge on any atom is 0.343 e. The molecule has 0 aliphatic carbocycles. The number of benzene rings is 2. The van der Waals surface area contributed by atoms with E-state index in [0.717, 1.165) is 16.9 Å². The molecule has 3 rings (SSSR count). The van der Waals surface area contributed by atoms with Gasteiger partial charge in [-0.2, -0.15) is 0 Å². The summed E-state index contributed by atoms with van der Waals surface area (Å²) in [4.78, 5) is 50.2. The Morgan fingerprint density at radius 1 is 1.13 bits per heavy atom. The smallest absolute Gasteiger partial charge is 0.343 e. The standard InChI is InChI=1S/C22H19BrN2O6/c1-3-13-4-7-16(8-5-13)25-21(28)17(20(27)24-22(25)29)11-14-10-15(23)6-9-18(14)31-12-19(26)30-2/h4-11H,3,12H2,1-2H3,(H,24,27,29)/b17-11-. The van der Waals surface area contributed by atoms with Gasteiger partial charge in [-0.25, -0.2) is 14.5 Å². The van der Waals surface area contributed by atoms with Gasteiger partial charge in [0.2, 0.25) is 0 Å². The van der Waals surface area contributed by atoms with E-state index in [1.807, 2.05) is 19.1 Å². The van der Waals surface area contributed by atoms with E-state index in [-0.39, 0.29) is 17.9 Å². The molecule has 4 amide bonds. The minimum atomic E-state index is -0.826. The SMILES string of the molecule is CCc1ccc(N2C(=O)NC(=O)/C(=C/c3cc(Br)ccc3OCC(=O)OC)C2=O)cc1. The van der Waals surface area contributed by atoms with Crippen LogP contribution in [-0.4, -0.2) is 37.5 Å². The molecule has 0 bridgehead atoms.